The number of nitrogens with one attached hydrogen (secondary N) is 1. The fraction of sp³-hybridized carbons (Fsp3) is 0.429. The minimum atomic E-state index is 0.0658. The molecule has 3 aromatic rings. The molecule has 0 radical (unpaired) electrons. The van der Waals surface area contributed by atoms with Gasteiger partial charge in [0.05, 0.1) is 0 Å². The third-order valence-electron chi connectivity index (χ3n) is 7.12. The summed E-state index contributed by atoms with van der Waals surface area (Å²) in [5, 5.41) is 3.54. The predicted molar refractivity (Wildman–Crippen MR) is 136 cm³/mol. The average molecular weight is 442 g/mol. The van der Waals surface area contributed by atoms with E-state index in [0.717, 1.165) is 37.0 Å². The first-order valence-corrected chi connectivity index (χ1v) is 12.2. The lowest BCUT2D eigenvalue weighted by atomic mass is 9.86. The van der Waals surface area contributed by atoms with E-state index in [-0.39, 0.29) is 5.41 Å². The maximum atomic E-state index is 4.60. The molecule has 1 aromatic heterocycles. The van der Waals surface area contributed by atoms with Gasteiger partial charge in [-0.25, -0.2) is 9.97 Å². The molecule has 0 saturated carbocycles. The normalized spacial score (nSPS) is 17.6. The lowest BCUT2D eigenvalue weighted by molar-refractivity contribution is 0.153. The van der Waals surface area contributed by atoms with Gasteiger partial charge in [-0.2, -0.15) is 0 Å². The van der Waals surface area contributed by atoms with Crippen molar-refractivity contribution in [1.29, 1.82) is 0 Å². The Morgan fingerprint density at radius 3 is 2.39 bits per heavy atom. The highest BCUT2D eigenvalue weighted by Gasteiger charge is 2.28. The molecule has 0 spiro atoms. The Labute approximate surface area is 197 Å². The molecular weight excluding hydrogens is 406 g/mol. The fourth-order valence-electron chi connectivity index (χ4n) is 5.26. The van der Waals surface area contributed by atoms with Gasteiger partial charge in [0, 0.05) is 44.0 Å². The van der Waals surface area contributed by atoms with E-state index in [4.69, 9.17) is 0 Å². The number of anilines is 3. The van der Waals surface area contributed by atoms with E-state index in [1.54, 1.807) is 6.33 Å². The predicted octanol–water partition coefficient (Wildman–Crippen LogP) is 5.54. The number of piperidine rings is 1. The number of hydrogen-bond donors (Lipinski definition) is 1. The molecule has 1 saturated heterocycles. The van der Waals surface area contributed by atoms with Crippen LogP contribution in [-0.4, -0.2) is 40.5 Å². The monoisotopic (exact) mass is 441 g/mol. The van der Waals surface area contributed by atoms with Gasteiger partial charge in [-0.3, -0.25) is 4.90 Å². The van der Waals surface area contributed by atoms with E-state index in [1.807, 2.05) is 0 Å². The SMILES string of the molecule is CC(C)(C)c1ccccc1Nc1cc(N2CCC(N3CCc4ccccc4C3)CC2)ncn1. The van der Waals surface area contributed by atoms with Gasteiger partial charge >= 0.3 is 0 Å². The van der Waals surface area contributed by atoms with Crippen molar-refractivity contribution in [3.63, 3.8) is 0 Å². The molecule has 0 aliphatic carbocycles. The molecule has 2 aliphatic heterocycles. The Kier molecular flexibility index (Phi) is 6.07. The Balaban J connectivity index is 1.23. The van der Waals surface area contributed by atoms with E-state index in [0.29, 0.717) is 6.04 Å². The minimum Gasteiger partial charge on any atom is -0.356 e. The summed E-state index contributed by atoms with van der Waals surface area (Å²) in [6, 6.07) is 20.2. The number of hydrogen-bond acceptors (Lipinski definition) is 5. The maximum absolute atomic E-state index is 4.60. The Hall–Kier alpha value is -2.92. The van der Waals surface area contributed by atoms with E-state index < -0.39 is 0 Å². The van der Waals surface area contributed by atoms with Crippen LogP contribution in [0.5, 0.6) is 0 Å². The van der Waals surface area contributed by atoms with E-state index >= 15 is 0 Å². The fourth-order valence-corrected chi connectivity index (χ4v) is 5.26. The van der Waals surface area contributed by atoms with Gasteiger partial charge in [-0.05, 0) is 47.4 Å². The van der Waals surface area contributed by atoms with Crippen LogP contribution in [0.1, 0.15) is 50.3 Å². The Bertz CT molecular complexity index is 1100. The first-order valence-electron chi connectivity index (χ1n) is 12.2. The average Bonchev–Trinajstić information content (AvgIpc) is 2.84. The van der Waals surface area contributed by atoms with Crippen molar-refractivity contribution in [3.8, 4) is 0 Å². The van der Waals surface area contributed by atoms with Crippen LogP contribution in [0.15, 0.2) is 60.9 Å². The van der Waals surface area contributed by atoms with Crippen molar-refractivity contribution < 1.29 is 0 Å². The molecule has 0 amide bonds. The third-order valence-corrected chi connectivity index (χ3v) is 7.12. The van der Waals surface area contributed by atoms with Crippen molar-refractivity contribution in [2.45, 2.75) is 58.0 Å². The van der Waals surface area contributed by atoms with Crippen molar-refractivity contribution in [2.24, 2.45) is 0 Å². The van der Waals surface area contributed by atoms with Crippen molar-refractivity contribution in [3.05, 3.63) is 77.6 Å². The maximum Gasteiger partial charge on any atom is 0.135 e. The van der Waals surface area contributed by atoms with Crippen LogP contribution in [0, 0.1) is 0 Å². The second-order valence-electron chi connectivity index (χ2n) is 10.4. The summed E-state index contributed by atoms with van der Waals surface area (Å²) < 4.78 is 0. The van der Waals surface area contributed by atoms with Gasteiger partial charge in [0.15, 0.2) is 0 Å². The summed E-state index contributed by atoms with van der Waals surface area (Å²) in [6.07, 6.45) is 5.22. The molecule has 1 fully saturated rings. The second kappa shape index (κ2) is 9.14. The van der Waals surface area contributed by atoms with Crippen LogP contribution in [0.25, 0.3) is 0 Å². The number of para-hydroxylation sites is 1. The number of nitrogens with zero attached hydrogens (tertiary/aromatic N) is 4. The topological polar surface area (TPSA) is 44.3 Å². The molecule has 5 rings (SSSR count). The number of rotatable bonds is 4. The zero-order valence-corrected chi connectivity index (χ0v) is 20.1. The van der Waals surface area contributed by atoms with Gasteiger partial charge in [0.25, 0.3) is 0 Å². The highest BCUT2D eigenvalue weighted by molar-refractivity contribution is 5.64. The summed E-state index contributed by atoms with van der Waals surface area (Å²) in [4.78, 5) is 14.2. The summed E-state index contributed by atoms with van der Waals surface area (Å²) >= 11 is 0. The smallest absolute Gasteiger partial charge is 0.135 e. The van der Waals surface area contributed by atoms with Crippen molar-refractivity contribution in [2.75, 3.05) is 29.9 Å². The molecule has 0 atom stereocenters. The highest BCUT2D eigenvalue weighted by Crippen LogP contribution is 2.32. The minimum absolute atomic E-state index is 0.0658. The molecule has 0 bridgehead atoms. The standard InChI is InChI=1S/C28H35N5/c1-28(2,3)24-10-6-7-11-25(24)31-26-18-27(30-20-29-26)32-16-13-23(14-17-32)33-15-12-21-8-4-5-9-22(21)19-33/h4-11,18,20,23H,12-17,19H2,1-3H3,(H,29,30,31). The number of aromatic nitrogens is 2. The van der Waals surface area contributed by atoms with E-state index in [9.17, 15) is 0 Å². The largest absolute Gasteiger partial charge is 0.356 e. The molecular formula is C28H35N5. The van der Waals surface area contributed by atoms with Crippen LogP contribution in [0.3, 0.4) is 0 Å². The van der Waals surface area contributed by atoms with Crippen LogP contribution < -0.4 is 10.2 Å². The molecule has 2 aliphatic rings. The third kappa shape index (κ3) is 4.88. The van der Waals surface area contributed by atoms with Gasteiger partial charge in [0.1, 0.15) is 18.0 Å². The van der Waals surface area contributed by atoms with Crippen LogP contribution >= 0.6 is 0 Å². The summed E-state index contributed by atoms with van der Waals surface area (Å²) in [7, 11) is 0. The second-order valence-corrected chi connectivity index (χ2v) is 10.4. The van der Waals surface area contributed by atoms with Crippen molar-refractivity contribution >= 4 is 17.3 Å². The molecule has 0 unspecified atom stereocenters. The lowest BCUT2D eigenvalue weighted by Crippen LogP contribution is -2.46. The van der Waals surface area contributed by atoms with E-state index in [1.165, 1.54) is 42.5 Å². The first-order chi connectivity index (χ1) is 16.0. The van der Waals surface area contributed by atoms with Gasteiger partial charge in [0.2, 0.25) is 0 Å². The zero-order chi connectivity index (χ0) is 22.8. The van der Waals surface area contributed by atoms with Crippen LogP contribution in [0.2, 0.25) is 0 Å². The van der Waals surface area contributed by atoms with E-state index in [2.05, 4.69) is 100 Å². The first kappa shape index (κ1) is 21.9. The summed E-state index contributed by atoms with van der Waals surface area (Å²) in [5.41, 5.74) is 5.50. The van der Waals surface area contributed by atoms with Crippen LogP contribution in [-0.2, 0) is 18.4 Å². The Morgan fingerprint density at radius 1 is 0.879 bits per heavy atom. The van der Waals surface area contributed by atoms with Gasteiger partial charge < -0.3 is 10.2 Å². The van der Waals surface area contributed by atoms with Gasteiger partial charge in [-0.15, -0.1) is 0 Å². The number of benzene rings is 2. The molecule has 3 heterocycles. The highest BCUT2D eigenvalue weighted by atomic mass is 15.2. The quantitative estimate of drug-likeness (QED) is 0.575. The summed E-state index contributed by atoms with van der Waals surface area (Å²) in [5.74, 6) is 1.87. The van der Waals surface area contributed by atoms with Crippen LogP contribution in [0.4, 0.5) is 17.3 Å². The molecule has 5 heteroatoms. The number of fused-ring (bicyclic) bond motifs is 1. The van der Waals surface area contributed by atoms with Gasteiger partial charge in [-0.1, -0.05) is 63.2 Å². The summed E-state index contributed by atoms with van der Waals surface area (Å²) in [6.45, 7) is 11.1. The molecule has 1 N–H and O–H groups in total. The van der Waals surface area contributed by atoms with Crippen molar-refractivity contribution in [1.82, 2.24) is 14.9 Å². The molecule has 33 heavy (non-hydrogen) atoms. The molecule has 172 valence electrons. The molecule has 2 aromatic carbocycles. The molecule has 5 nitrogen and oxygen atoms in total. The Morgan fingerprint density at radius 2 is 1.61 bits per heavy atom. The zero-order valence-electron chi connectivity index (χ0n) is 20.1. The lowest BCUT2D eigenvalue weighted by Gasteiger charge is -2.41.